The van der Waals surface area contributed by atoms with Gasteiger partial charge in [-0.15, -0.1) is 0 Å². The van der Waals surface area contributed by atoms with Crippen molar-refractivity contribution in [2.45, 2.75) is 18.5 Å². The monoisotopic (exact) mass is 640 g/mol. The highest BCUT2D eigenvalue weighted by atomic mass is 19.4. The first-order valence-corrected chi connectivity index (χ1v) is 11.7. The standard InChI is InChI=1S/C27H6F10N4O4/c28-20-17-15(21(42)40(23(17)44)11-3-1-9(7-38)13(5-11)25(29,30)31)19(27(35,36)37)16-18(20)24(45)41(22(16)43)12-4-2-10(8-39)14(6-12)26(32,33)34/h1-6H. The summed E-state index contributed by atoms with van der Waals surface area (Å²) in [6.45, 7) is 0. The number of aromatic nitrogens is 2. The molecule has 18 heteroatoms. The highest BCUT2D eigenvalue weighted by Gasteiger charge is 2.43. The van der Waals surface area contributed by atoms with Gasteiger partial charge in [0, 0.05) is 0 Å². The summed E-state index contributed by atoms with van der Waals surface area (Å²) >= 11 is 0. The van der Waals surface area contributed by atoms with Crippen LogP contribution in [0.15, 0.2) is 55.6 Å². The average molecular weight is 640 g/mol. The van der Waals surface area contributed by atoms with E-state index in [-0.39, 0.29) is 21.3 Å². The summed E-state index contributed by atoms with van der Waals surface area (Å²) in [4.78, 5) is 52.8. The van der Waals surface area contributed by atoms with Gasteiger partial charge in [0.2, 0.25) is 0 Å². The van der Waals surface area contributed by atoms with E-state index < -0.39 is 107 Å². The van der Waals surface area contributed by atoms with Gasteiger partial charge in [0.25, 0.3) is 22.2 Å². The molecule has 0 radical (unpaired) electrons. The summed E-state index contributed by atoms with van der Waals surface area (Å²) < 4.78 is 140. The fourth-order valence-electron chi connectivity index (χ4n) is 4.94. The van der Waals surface area contributed by atoms with Crippen molar-refractivity contribution < 1.29 is 43.9 Å². The number of hydrogen-bond donors (Lipinski definition) is 0. The third-order valence-corrected chi connectivity index (χ3v) is 6.76. The highest BCUT2D eigenvalue weighted by molar-refractivity contribution is 6.03. The molecule has 0 bridgehead atoms. The second-order valence-electron chi connectivity index (χ2n) is 9.26. The summed E-state index contributed by atoms with van der Waals surface area (Å²) in [5.41, 5.74) is -17.9. The van der Waals surface area contributed by atoms with Crippen molar-refractivity contribution in [3.05, 3.63) is 111 Å². The van der Waals surface area contributed by atoms with Gasteiger partial charge in [-0.1, -0.05) is 0 Å². The number of halogens is 10. The summed E-state index contributed by atoms with van der Waals surface area (Å²) in [7, 11) is 0. The van der Waals surface area contributed by atoms with Crippen LogP contribution in [0.5, 0.6) is 0 Å². The molecule has 0 saturated carbocycles. The number of nitrogens with zero attached hydrogens (tertiary/aromatic N) is 4. The minimum Gasteiger partial charge on any atom is -0.268 e. The van der Waals surface area contributed by atoms with Gasteiger partial charge < -0.3 is 0 Å². The van der Waals surface area contributed by atoms with E-state index in [1.807, 2.05) is 0 Å². The Morgan fingerprint density at radius 2 is 0.867 bits per heavy atom. The lowest BCUT2D eigenvalue weighted by atomic mass is 10.0. The topological polar surface area (TPSA) is 126 Å². The zero-order chi connectivity index (χ0) is 33.5. The van der Waals surface area contributed by atoms with Crippen LogP contribution in [-0.4, -0.2) is 9.13 Å². The van der Waals surface area contributed by atoms with E-state index >= 15 is 4.39 Å². The Hall–Kier alpha value is -5.78. The van der Waals surface area contributed by atoms with E-state index in [2.05, 4.69) is 0 Å². The Morgan fingerprint density at radius 1 is 0.533 bits per heavy atom. The lowest BCUT2D eigenvalue weighted by Gasteiger charge is -2.11. The largest absolute Gasteiger partial charge is 0.418 e. The maximum atomic E-state index is 15.8. The molecule has 2 aromatic heterocycles. The van der Waals surface area contributed by atoms with Crippen molar-refractivity contribution in [1.82, 2.24) is 9.13 Å². The van der Waals surface area contributed by atoms with Gasteiger partial charge in [-0.25, -0.2) is 13.5 Å². The lowest BCUT2D eigenvalue weighted by Crippen LogP contribution is -2.26. The number of nitriles is 2. The normalized spacial score (nSPS) is 12.5. The molecule has 3 aromatic carbocycles. The van der Waals surface area contributed by atoms with Crippen molar-refractivity contribution in [3.63, 3.8) is 0 Å². The molecular weight excluding hydrogens is 634 g/mol. The first-order chi connectivity index (χ1) is 20.7. The molecule has 5 rings (SSSR count). The first kappa shape index (κ1) is 30.7. The maximum Gasteiger partial charge on any atom is 0.418 e. The predicted molar refractivity (Wildman–Crippen MR) is 132 cm³/mol. The lowest BCUT2D eigenvalue weighted by molar-refractivity contribution is -0.138. The molecule has 228 valence electrons. The minimum atomic E-state index is -5.83. The summed E-state index contributed by atoms with van der Waals surface area (Å²) in [6.07, 6.45) is -16.4. The van der Waals surface area contributed by atoms with Crippen LogP contribution < -0.4 is 22.2 Å². The Balaban J connectivity index is 1.97. The van der Waals surface area contributed by atoms with Gasteiger partial charge in [0.1, 0.15) is 5.82 Å². The number of fused-ring (bicyclic) bond motifs is 2. The molecule has 0 amide bonds. The molecule has 5 aromatic rings. The van der Waals surface area contributed by atoms with Crippen molar-refractivity contribution in [1.29, 1.82) is 10.5 Å². The minimum absolute atomic E-state index is 0.0697. The summed E-state index contributed by atoms with van der Waals surface area (Å²) in [5, 5.41) is 10.7. The third kappa shape index (κ3) is 4.44. The van der Waals surface area contributed by atoms with Gasteiger partial charge in [-0.2, -0.15) is 50.0 Å². The van der Waals surface area contributed by atoms with Crippen LogP contribution in [0.1, 0.15) is 27.8 Å². The first-order valence-electron chi connectivity index (χ1n) is 11.7. The molecule has 0 unspecified atom stereocenters. The third-order valence-electron chi connectivity index (χ3n) is 6.76. The number of alkyl halides is 9. The van der Waals surface area contributed by atoms with Gasteiger partial charge in [-0.3, -0.25) is 19.2 Å². The maximum absolute atomic E-state index is 15.8. The Kier molecular flexibility index (Phi) is 6.55. The van der Waals surface area contributed by atoms with Gasteiger partial charge in [0.05, 0.1) is 72.9 Å². The van der Waals surface area contributed by atoms with E-state index in [9.17, 15) is 58.7 Å². The molecule has 0 N–H and O–H groups in total. The molecule has 0 aliphatic rings. The average Bonchev–Trinajstić information content (AvgIpc) is 3.35. The van der Waals surface area contributed by atoms with Crippen LogP contribution in [0.25, 0.3) is 32.9 Å². The molecule has 0 saturated heterocycles. The molecule has 45 heavy (non-hydrogen) atoms. The Morgan fingerprint density at radius 3 is 1.16 bits per heavy atom. The predicted octanol–water partition coefficient (Wildman–Crippen LogP) is 4.83. The van der Waals surface area contributed by atoms with Gasteiger partial charge in [-0.05, 0) is 36.4 Å². The van der Waals surface area contributed by atoms with E-state index in [0.717, 1.165) is 0 Å². The molecule has 8 nitrogen and oxygen atoms in total. The quantitative estimate of drug-likeness (QED) is 0.255. The van der Waals surface area contributed by atoms with Crippen molar-refractivity contribution in [2.24, 2.45) is 0 Å². The van der Waals surface area contributed by atoms with E-state index in [1.54, 1.807) is 0 Å². The summed E-state index contributed by atoms with van der Waals surface area (Å²) in [5.74, 6) is -2.18. The van der Waals surface area contributed by atoms with Crippen LogP contribution >= 0.6 is 0 Å². The zero-order valence-corrected chi connectivity index (χ0v) is 21.2. The van der Waals surface area contributed by atoms with Gasteiger partial charge >= 0.3 is 18.5 Å². The fourth-order valence-corrected chi connectivity index (χ4v) is 4.94. The fraction of sp³-hybridized carbons (Fsp3) is 0.111. The van der Waals surface area contributed by atoms with Crippen molar-refractivity contribution >= 4 is 21.5 Å². The second-order valence-corrected chi connectivity index (χ2v) is 9.26. The van der Waals surface area contributed by atoms with Crippen molar-refractivity contribution in [2.75, 3.05) is 0 Å². The van der Waals surface area contributed by atoms with E-state index in [4.69, 9.17) is 10.5 Å². The van der Waals surface area contributed by atoms with Crippen molar-refractivity contribution in [3.8, 4) is 23.5 Å². The number of benzene rings is 3. The van der Waals surface area contributed by atoms with Crippen LogP contribution in [0, 0.1) is 28.5 Å². The van der Waals surface area contributed by atoms with E-state index in [1.165, 1.54) is 12.1 Å². The second kappa shape index (κ2) is 9.61. The van der Waals surface area contributed by atoms with E-state index in [0.29, 0.717) is 24.3 Å². The van der Waals surface area contributed by atoms with Crippen LogP contribution in [0.4, 0.5) is 43.9 Å². The molecule has 0 aliphatic heterocycles. The molecule has 0 atom stereocenters. The Labute approximate surface area is 239 Å². The van der Waals surface area contributed by atoms with Crippen LogP contribution in [0.2, 0.25) is 0 Å². The van der Waals surface area contributed by atoms with Gasteiger partial charge in [0.15, 0.2) is 0 Å². The number of rotatable bonds is 2. The molecular formula is C27H6F10N4O4. The highest BCUT2D eigenvalue weighted by Crippen LogP contribution is 2.40. The molecule has 0 aliphatic carbocycles. The number of hydrogen-bond acceptors (Lipinski definition) is 6. The Bertz CT molecular complexity index is 2250. The van der Waals surface area contributed by atoms with Crippen LogP contribution in [-0.2, 0) is 18.5 Å². The smallest absolute Gasteiger partial charge is 0.268 e. The summed E-state index contributed by atoms with van der Waals surface area (Å²) in [6, 6.07) is 4.67. The zero-order valence-electron chi connectivity index (χ0n) is 21.2. The molecule has 0 fully saturated rings. The molecule has 0 spiro atoms. The van der Waals surface area contributed by atoms with Crippen LogP contribution in [0.3, 0.4) is 0 Å². The SMILES string of the molecule is N#Cc1ccc(-n2c(=O)c3c(F)c4c(=O)n(-c5ccc(C#N)c(C(F)(F)F)c5)c(=O)c4c(C(F)(F)F)c3c2=O)cc1C(F)(F)F. The molecule has 2 heterocycles.